The highest BCUT2D eigenvalue weighted by atomic mass is 16.4. The van der Waals surface area contributed by atoms with Crippen molar-refractivity contribution in [1.29, 1.82) is 0 Å². The first-order valence-corrected chi connectivity index (χ1v) is 2.42. The molecule has 0 bridgehead atoms. The molecule has 0 atom stereocenters. The molecule has 0 rings (SSSR count). The van der Waals surface area contributed by atoms with Crippen molar-refractivity contribution in [2.75, 3.05) is 13.1 Å². The Morgan fingerprint density at radius 2 is 1.18 bits per heavy atom. The normalized spacial score (nSPS) is 6.73. The second-order valence-electron chi connectivity index (χ2n) is 1.19. The molecule has 7 nitrogen and oxygen atoms in total. The van der Waals surface area contributed by atoms with Crippen molar-refractivity contribution in [3.8, 4) is 0 Å². The fourth-order valence-corrected chi connectivity index (χ4v) is 0. The smallest absolute Gasteiger partial charge is 0.414 e. The zero-order valence-corrected chi connectivity index (χ0v) is 5.99. The summed E-state index contributed by atoms with van der Waals surface area (Å²) in [4.78, 5) is 18.2. The largest absolute Gasteiger partial charge is 0.473 e. The van der Waals surface area contributed by atoms with E-state index in [1.165, 1.54) is 0 Å². The van der Waals surface area contributed by atoms with Crippen molar-refractivity contribution in [2.45, 2.75) is 0 Å². The molecular weight excluding hydrogens is 154 g/mol. The Bertz CT molecular complexity index is 102. The summed E-state index contributed by atoms with van der Waals surface area (Å²) in [5.41, 5.74) is 9.81. The topological polar surface area (TPSA) is 162 Å². The number of carboxylic acids is 2. The average Bonchev–Trinajstić information content (AvgIpc) is 1.89. The highest BCUT2D eigenvalue weighted by Gasteiger charge is 2.04. The van der Waals surface area contributed by atoms with Crippen LogP contribution >= 0.6 is 0 Å². The summed E-state index contributed by atoms with van der Waals surface area (Å²) in [5, 5.41) is 14.8. The molecule has 0 aromatic heterocycles. The maximum absolute atomic E-state index is 9.10. The van der Waals surface area contributed by atoms with Gasteiger partial charge in [-0.15, -0.1) is 0 Å². The zero-order valence-electron chi connectivity index (χ0n) is 5.99. The Kier molecular flexibility index (Phi) is 17.3. The SMILES string of the molecule is N.NCCN.O=C(O)C(=O)O. The van der Waals surface area contributed by atoms with E-state index in [1.54, 1.807) is 0 Å². The van der Waals surface area contributed by atoms with Crippen LogP contribution in [0, 0.1) is 0 Å². The Balaban J connectivity index is -0.000000114. The molecule has 0 aliphatic carbocycles. The van der Waals surface area contributed by atoms with Gasteiger partial charge in [0, 0.05) is 13.1 Å². The summed E-state index contributed by atoms with van der Waals surface area (Å²) >= 11 is 0. The molecule has 9 N–H and O–H groups in total. The molecule has 0 saturated heterocycles. The van der Waals surface area contributed by atoms with Crippen LogP contribution in [0.15, 0.2) is 0 Å². The molecule has 0 radical (unpaired) electrons. The minimum atomic E-state index is -1.82. The van der Waals surface area contributed by atoms with Gasteiger partial charge >= 0.3 is 11.9 Å². The summed E-state index contributed by atoms with van der Waals surface area (Å²) in [6, 6.07) is 0. The van der Waals surface area contributed by atoms with E-state index in [4.69, 9.17) is 31.3 Å². The molecule has 7 heteroatoms. The van der Waals surface area contributed by atoms with Crippen LogP contribution in [-0.4, -0.2) is 35.2 Å². The van der Waals surface area contributed by atoms with Crippen molar-refractivity contribution in [3.05, 3.63) is 0 Å². The lowest BCUT2D eigenvalue weighted by Gasteiger charge is -1.72. The predicted molar refractivity (Wildman–Crippen MR) is 38.4 cm³/mol. The molecule has 0 saturated carbocycles. The number of hydrogen-bond donors (Lipinski definition) is 5. The highest BCUT2D eigenvalue weighted by molar-refractivity contribution is 6.27. The third-order valence-corrected chi connectivity index (χ3v) is 0.350. The van der Waals surface area contributed by atoms with Gasteiger partial charge in [-0.3, -0.25) is 0 Å². The lowest BCUT2D eigenvalue weighted by atomic mass is 10.7. The van der Waals surface area contributed by atoms with Crippen LogP contribution in [0.5, 0.6) is 0 Å². The number of nitrogens with two attached hydrogens (primary N) is 2. The van der Waals surface area contributed by atoms with Crippen LogP contribution in [0.2, 0.25) is 0 Å². The third-order valence-electron chi connectivity index (χ3n) is 0.350. The Morgan fingerprint density at radius 1 is 1.00 bits per heavy atom. The van der Waals surface area contributed by atoms with E-state index >= 15 is 0 Å². The van der Waals surface area contributed by atoms with Crippen LogP contribution < -0.4 is 17.6 Å². The minimum Gasteiger partial charge on any atom is -0.473 e. The molecule has 0 aromatic carbocycles. The molecule has 0 spiro atoms. The third kappa shape index (κ3) is 28.1. The highest BCUT2D eigenvalue weighted by Crippen LogP contribution is 1.56. The van der Waals surface area contributed by atoms with Gasteiger partial charge in [-0.25, -0.2) is 9.59 Å². The lowest BCUT2D eigenvalue weighted by Crippen LogP contribution is -2.11. The van der Waals surface area contributed by atoms with Crippen molar-refractivity contribution in [3.63, 3.8) is 0 Å². The number of rotatable bonds is 1. The minimum absolute atomic E-state index is 0. The maximum atomic E-state index is 9.10. The molecule has 0 heterocycles. The van der Waals surface area contributed by atoms with Crippen molar-refractivity contribution < 1.29 is 19.8 Å². The van der Waals surface area contributed by atoms with Crippen LogP contribution in [0.25, 0.3) is 0 Å². The van der Waals surface area contributed by atoms with Crippen molar-refractivity contribution in [1.82, 2.24) is 6.15 Å². The average molecular weight is 167 g/mol. The standard InChI is InChI=1S/C2H8N2.C2H2O4.H3N/c3-1-2-4;3-1(4)2(5)6;/h1-4H2;(H,3,4)(H,5,6);1H3. The summed E-state index contributed by atoms with van der Waals surface area (Å²) < 4.78 is 0. The first-order chi connectivity index (χ1) is 4.56. The number of carboxylic acid groups (broad SMARTS) is 2. The van der Waals surface area contributed by atoms with Crippen LogP contribution in [0.4, 0.5) is 0 Å². The number of aliphatic carboxylic acids is 2. The Labute approximate surface area is 63.6 Å². The molecular formula is C4H13N3O4. The van der Waals surface area contributed by atoms with Crippen LogP contribution in [0.1, 0.15) is 0 Å². The van der Waals surface area contributed by atoms with E-state index in [0.717, 1.165) is 0 Å². The van der Waals surface area contributed by atoms with Gasteiger partial charge < -0.3 is 27.8 Å². The Hall–Kier alpha value is -1.18. The first kappa shape index (κ1) is 16.4. The van der Waals surface area contributed by atoms with E-state index in [2.05, 4.69) is 0 Å². The van der Waals surface area contributed by atoms with Gasteiger partial charge in [0.1, 0.15) is 0 Å². The zero-order chi connectivity index (χ0) is 8.57. The van der Waals surface area contributed by atoms with E-state index in [0.29, 0.717) is 13.1 Å². The molecule has 68 valence electrons. The van der Waals surface area contributed by atoms with E-state index < -0.39 is 11.9 Å². The molecule has 0 amide bonds. The van der Waals surface area contributed by atoms with Crippen LogP contribution in [-0.2, 0) is 9.59 Å². The van der Waals surface area contributed by atoms with Gasteiger partial charge in [0.25, 0.3) is 0 Å². The summed E-state index contributed by atoms with van der Waals surface area (Å²) in [7, 11) is 0. The van der Waals surface area contributed by atoms with E-state index in [1.807, 2.05) is 0 Å². The summed E-state index contributed by atoms with van der Waals surface area (Å²) in [6.07, 6.45) is 0. The van der Waals surface area contributed by atoms with Gasteiger partial charge in [-0.05, 0) is 0 Å². The predicted octanol–water partition coefficient (Wildman–Crippen LogP) is -1.78. The monoisotopic (exact) mass is 167 g/mol. The maximum Gasteiger partial charge on any atom is 0.414 e. The fraction of sp³-hybridized carbons (Fsp3) is 0.500. The molecule has 0 unspecified atom stereocenters. The molecule has 0 aliphatic rings. The van der Waals surface area contributed by atoms with Crippen molar-refractivity contribution >= 4 is 11.9 Å². The van der Waals surface area contributed by atoms with E-state index in [9.17, 15) is 0 Å². The summed E-state index contributed by atoms with van der Waals surface area (Å²) in [6.45, 7) is 1.19. The molecule has 0 aromatic rings. The van der Waals surface area contributed by atoms with Gasteiger partial charge in [0.05, 0.1) is 0 Å². The first-order valence-electron chi connectivity index (χ1n) is 2.42. The molecule has 11 heavy (non-hydrogen) atoms. The van der Waals surface area contributed by atoms with Crippen LogP contribution in [0.3, 0.4) is 0 Å². The van der Waals surface area contributed by atoms with Gasteiger partial charge in [0.2, 0.25) is 0 Å². The lowest BCUT2D eigenvalue weighted by molar-refractivity contribution is -0.159. The van der Waals surface area contributed by atoms with Gasteiger partial charge in [-0.1, -0.05) is 0 Å². The second-order valence-corrected chi connectivity index (χ2v) is 1.19. The van der Waals surface area contributed by atoms with E-state index in [-0.39, 0.29) is 6.15 Å². The number of carbonyl (C=O) groups is 2. The van der Waals surface area contributed by atoms with Gasteiger partial charge in [0.15, 0.2) is 0 Å². The van der Waals surface area contributed by atoms with Crippen molar-refractivity contribution in [2.24, 2.45) is 11.5 Å². The fourth-order valence-electron chi connectivity index (χ4n) is 0. The number of hydrogen-bond acceptors (Lipinski definition) is 5. The van der Waals surface area contributed by atoms with Gasteiger partial charge in [-0.2, -0.15) is 0 Å². The molecule has 0 aliphatic heterocycles. The Morgan fingerprint density at radius 3 is 1.18 bits per heavy atom. The quantitative estimate of drug-likeness (QED) is 0.288. The summed E-state index contributed by atoms with van der Waals surface area (Å²) in [5.74, 6) is -3.65. The second kappa shape index (κ2) is 11.6. The molecule has 0 fully saturated rings.